The lowest BCUT2D eigenvalue weighted by Gasteiger charge is -2.17. The number of hydrogen-bond donors (Lipinski definition) is 1. The Morgan fingerprint density at radius 1 is 1.48 bits per heavy atom. The molecule has 0 saturated carbocycles. The van der Waals surface area contributed by atoms with Crippen LogP contribution in [0.25, 0.3) is 0 Å². The van der Waals surface area contributed by atoms with E-state index in [-0.39, 0.29) is 18.4 Å². The van der Waals surface area contributed by atoms with E-state index in [4.69, 9.17) is 0 Å². The van der Waals surface area contributed by atoms with Crippen molar-refractivity contribution in [3.05, 3.63) is 30.6 Å². The lowest BCUT2D eigenvalue weighted by molar-refractivity contribution is 0.312. The average Bonchev–Trinajstić information content (AvgIpc) is 2.97. The second kappa shape index (κ2) is 8.82. The maximum Gasteiger partial charge on any atom is 0.209 e. The first-order chi connectivity index (χ1) is 10.4. The largest absolute Gasteiger partial charge is 0.297 e. The molecule has 2 rings (SSSR count). The van der Waals surface area contributed by atoms with Gasteiger partial charge in [-0.1, -0.05) is 19.4 Å². The molecule has 6 nitrogen and oxygen atoms in total. The molecule has 1 N–H and O–H groups in total. The zero-order valence-electron chi connectivity index (χ0n) is 13.8. The van der Waals surface area contributed by atoms with E-state index in [9.17, 15) is 8.42 Å². The van der Waals surface area contributed by atoms with Gasteiger partial charge in [0.05, 0.1) is 19.0 Å². The Labute approximate surface area is 145 Å². The summed E-state index contributed by atoms with van der Waals surface area (Å²) in [6.07, 6.45) is 9.05. The minimum atomic E-state index is -3.16. The van der Waals surface area contributed by atoms with Crippen LogP contribution < -0.4 is 4.72 Å². The number of rotatable bonds is 8. The maximum absolute atomic E-state index is 11.5. The standard InChI is InChI=1S/C15H26N4O2S.ClH/c1-4-6-14-11-18(12-15(14)17-22(3,20)21)9-13-8-16-19(10-13)7-5-2;/h5,8,10,14-15,17H,2,4,6-7,9,11-12H2,1,3H3;1H/t14-,15-;/m0./s1. The lowest BCUT2D eigenvalue weighted by atomic mass is 9.99. The molecule has 1 aromatic rings. The maximum atomic E-state index is 11.5. The molecule has 0 bridgehead atoms. The van der Waals surface area contributed by atoms with Crippen LogP contribution in [0.15, 0.2) is 25.0 Å². The highest BCUT2D eigenvalue weighted by Crippen LogP contribution is 2.23. The molecule has 1 aliphatic rings. The molecule has 0 aromatic carbocycles. The van der Waals surface area contributed by atoms with Gasteiger partial charge in [0.25, 0.3) is 0 Å². The smallest absolute Gasteiger partial charge is 0.209 e. The quantitative estimate of drug-likeness (QED) is 0.714. The number of hydrogen-bond acceptors (Lipinski definition) is 4. The lowest BCUT2D eigenvalue weighted by Crippen LogP contribution is -2.39. The Kier molecular flexibility index (Phi) is 7.73. The highest BCUT2D eigenvalue weighted by molar-refractivity contribution is 7.88. The molecular formula is C15H27ClN4O2S. The monoisotopic (exact) mass is 362 g/mol. The van der Waals surface area contributed by atoms with Gasteiger partial charge in [-0.25, -0.2) is 13.1 Å². The van der Waals surface area contributed by atoms with E-state index >= 15 is 0 Å². The fraction of sp³-hybridized carbons (Fsp3) is 0.667. The van der Waals surface area contributed by atoms with E-state index < -0.39 is 10.0 Å². The van der Waals surface area contributed by atoms with Gasteiger partial charge in [-0.15, -0.1) is 19.0 Å². The van der Waals surface area contributed by atoms with E-state index in [0.29, 0.717) is 12.5 Å². The van der Waals surface area contributed by atoms with Gasteiger partial charge in [0.15, 0.2) is 0 Å². The minimum Gasteiger partial charge on any atom is -0.297 e. The Bertz CT molecular complexity index is 602. The van der Waals surface area contributed by atoms with E-state index in [2.05, 4.69) is 28.2 Å². The van der Waals surface area contributed by atoms with Crippen molar-refractivity contribution in [2.45, 2.75) is 38.9 Å². The molecule has 1 saturated heterocycles. The number of allylic oxidation sites excluding steroid dienone is 1. The summed E-state index contributed by atoms with van der Waals surface area (Å²) in [5.41, 5.74) is 1.15. The molecule has 1 aliphatic heterocycles. The van der Waals surface area contributed by atoms with Crippen molar-refractivity contribution in [2.75, 3.05) is 19.3 Å². The number of sulfonamides is 1. The molecule has 1 fully saturated rings. The number of aromatic nitrogens is 2. The number of nitrogens with zero attached hydrogens (tertiary/aromatic N) is 3. The van der Waals surface area contributed by atoms with Crippen molar-refractivity contribution >= 4 is 22.4 Å². The summed E-state index contributed by atoms with van der Waals surface area (Å²) in [7, 11) is -3.16. The number of halogens is 1. The summed E-state index contributed by atoms with van der Waals surface area (Å²) < 4.78 is 27.7. The molecule has 0 radical (unpaired) electrons. The Balaban J connectivity index is 0.00000264. The summed E-state index contributed by atoms with van der Waals surface area (Å²) in [5, 5.41) is 4.29. The first-order valence-corrected chi connectivity index (χ1v) is 9.62. The van der Waals surface area contributed by atoms with Crippen LogP contribution in [0.1, 0.15) is 25.3 Å². The third-order valence-electron chi connectivity index (χ3n) is 3.95. The molecule has 0 unspecified atom stereocenters. The predicted molar refractivity (Wildman–Crippen MR) is 95.1 cm³/mol. The third kappa shape index (κ3) is 6.25. The number of nitrogens with one attached hydrogen (secondary N) is 1. The van der Waals surface area contributed by atoms with Crippen LogP contribution >= 0.6 is 12.4 Å². The van der Waals surface area contributed by atoms with Crippen molar-refractivity contribution in [1.82, 2.24) is 19.4 Å². The third-order valence-corrected chi connectivity index (χ3v) is 4.68. The van der Waals surface area contributed by atoms with Crippen LogP contribution in [-0.2, 0) is 23.1 Å². The second-order valence-corrected chi connectivity index (χ2v) is 7.88. The normalized spacial score (nSPS) is 22.0. The van der Waals surface area contributed by atoms with Crippen LogP contribution in [0.2, 0.25) is 0 Å². The summed E-state index contributed by atoms with van der Waals surface area (Å²) in [4.78, 5) is 2.30. The van der Waals surface area contributed by atoms with Gasteiger partial charge < -0.3 is 0 Å². The highest BCUT2D eigenvalue weighted by atomic mass is 35.5. The predicted octanol–water partition coefficient (Wildman–Crippen LogP) is 1.64. The Morgan fingerprint density at radius 3 is 2.83 bits per heavy atom. The van der Waals surface area contributed by atoms with E-state index in [1.807, 2.05) is 23.2 Å². The highest BCUT2D eigenvalue weighted by Gasteiger charge is 2.33. The van der Waals surface area contributed by atoms with Gasteiger partial charge in [-0.3, -0.25) is 9.58 Å². The Hall–Kier alpha value is -0.890. The van der Waals surface area contributed by atoms with Crippen LogP contribution in [0.4, 0.5) is 0 Å². The van der Waals surface area contributed by atoms with Crippen LogP contribution in [0.5, 0.6) is 0 Å². The van der Waals surface area contributed by atoms with Gasteiger partial charge in [-0.05, 0) is 12.3 Å². The zero-order chi connectivity index (χ0) is 16.2. The van der Waals surface area contributed by atoms with Gasteiger partial charge in [0.2, 0.25) is 10.0 Å². The SMILES string of the molecule is C=CCn1cc(CN2C[C@H](CCC)[C@@H](NS(C)(=O)=O)C2)cn1.Cl. The molecule has 1 aromatic heterocycles. The summed E-state index contributed by atoms with van der Waals surface area (Å²) in [5.74, 6) is 0.378. The number of likely N-dealkylation sites (tertiary alicyclic amines) is 1. The van der Waals surface area contributed by atoms with Gasteiger partial charge in [0.1, 0.15) is 0 Å². The minimum absolute atomic E-state index is 0. The fourth-order valence-corrected chi connectivity index (χ4v) is 3.96. The topological polar surface area (TPSA) is 67.2 Å². The molecule has 0 aliphatic carbocycles. The molecule has 0 amide bonds. The van der Waals surface area contributed by atoms with Crippen molar-refractivity contribution in [3.8, 4) is 0 Å². The van der Waals surface area contributed by atoms with Crippen molar-refractivity contribution in [1.29, 1.82) is 0 Å². The van der Waals surface area contributed by atoms with Crippen molar-refractivity contribution in [2.24, 2.45) is 5.92 Å². The molecule has 23 heavy (non-hydrogen) atoms. The molecule has 2 heterocycles. The van der Waals surface area contributed by atoms with Crippen LogP contribution in [0.3, 0.4) is 0 Å². The van der Waals surface area contributed by atoms with Gasteiger partial charge in [-0.2, -0.15) is 5.10 Å². The van der Waals surface area contributed by atoms with E-state index in [0.717, 1.165) is 38.0 Å². The van der Waals surface area contributed by atoms with Crippen LogP contribution in [-0.4, -0.2) is 48.5 Å². The first kappa shape index (κ1) is 20.2. The van der Waals surface area contributed by atoms with Gasteiger partial charge in [0, 0.05) is 37.4 Å². The van der Waals surface area contributed by atoms with Crippen molar-refractivity contribution in [3.63, 3.8) is 0 Å². The molecule has 132 valence electrons. The molecule has 2 atom stereocenters. The molecule has 8 heteroatoms. The van der Waals surface area contributed by atoms with E-state index in [1.54, 1.807) is 0 Å². The van der Waals surface area contributed by atoms with Crippen molar-refractivity contribution < 1.29 is 8.42 Å². The summed E-state index contributed by atoms with van der Waals surface area (Å²) >= 11 is 0. The first-order valence-electron chi connectivity index (χ1n) is 7.73. The summed E-state index contributed by atoms with van der Waals surface area (Å²) in [6, 6.07) is 0.0122. The molecule has 0 spiro atoms. The van der Waals surface area contributed by atoms with Gasteiger partial charge >= 0.3 is 0 Å². The van der Waals surface area contributed by atoms with E-state index in [1.165, 1.54) is 6.26 Å². The zero-order valence-corrected chi connectivity index (χ0v) is 15.4. The Morgan fingerprint density at radius 2 is 2.22 bits per heavy atom. The molecular weight excluding hydrogens is 336 g/mol. The fourth-order valence-electron chi connectivity index (χ4n) is 3.14. The van der Waals surface area contributed by atoms with Crippen LogP contribution in [0, 0.1) is 5.92 Å². The second-order valence-electron chi connectivity index (χ2n) is 6.10. The summed E-state index contributed by atoms with van der Waals surface area (Å²) in [6.45, 7) is 9.03. The average molecular weight is 363 g/mol.